The fraction of sp³-hybridized carbons (Fsp3) is 0.889. The maximum Gasteiger partial charge on any atom is 0.410 e. The lowest BCUT2D eigenvalue weighted by atomic mass is 9.95. The molecule has 0 aromatic carbocycles. The SMILES string of the molecule is CCNC(=NCCC1CCCN(C(=O)OC(C)(C)C)C1)NCCSC. The molecule has 1 heterocycles. The van der Waals surface area contributed by atoms with Gasteiger partial charge in [0, 0.05) is 38.5 Å². The molecule has 146 valence electrons. The fourth-order valence-electron chi connectivity index (χ4n) is 2.77. The zero-order valence-corrected chi connectivity index (χ0v) is 17.4. The number of hydrogen-bond acceptors (Lipinski definition) is 4. The Bertz CT molecular complexity index is 424. The van der Waals surface area contributed by atoms with Crippen molar-refractivity contribution in [2.24, 2.45) is 10.9 Å². The van der Waals surface area contributed by atoms with E-state index in [-0.39, 0.29) is 6.09 Å². The molecule has 0 aromatic heterocycles. The first-order chi connectivity index (χ1) is 11.9. The van der Waals surface area contributed by atoms with Crippen LogP contribution in [0.3, 0.4) is 0 Å². The fourth-order valence-corrected chi connectivity index (χ4v) is 3.07. The van der Waals surface area contributed by atoms with Gasteiger partial charge in [-0.1, -0.05) is 0 Å². The third-order valence-corrected chi connectivity index (χ3v) is 4.53. The molecule has 0 spiro atoms. The Hall–Kier alpha value is -1.11. The number of thioether (sulfide) groups is 1. The normalized spacial score (nSPS) is 18.8. The molecule has 1 rings (SSSR count). The summed E-state index contributed by atoms with van der Waals surface area (Å²) in [6, 6.07) is 0. The van der Waals surface area contributed by atoms with Crippen LogP contribution in [0.25, 0.3) is 0 Å². The van der Waals surface area contributed by atoms with Crippen LogP contribution in [-0.4, -0.2) is 67.3 Å². The summed E-state index contributed by atoms with van der Waals surface area (Å²) in [5.74, 6) is 2.45. The number of carbonyl (C=O) groups is 1. The number of ether oxygens (including phenoxy) is 1. The molecule has 0 radical (unpaired) electrons. The largest absolute Gasteiger partial charge is 0.444 e. The second-order valence-corrected chi connectivity index (χ2v) is 8.39. The second-order valence-electron chi connectivity index (χ2n) is 7.40. The minimum Gasteiger partial charge on any atom is -0.444 e. The third kappa shape index (κ3) is 9.82. The number of aliphatic imine (C=N–C) groups is 1. The Balaban J connectivity index is 2.42. The van der Waals surface area contributed by atoms with E-state index in [1.807, 2.05) is 37.4 Å². The number of nitrogens with zero attached hydrogens (tertiary/aromatic N) is 2. The summed E-state index contributed by atoms with van der Waals surface area (Å²) in [5, 5.41) is 6.62. The summed E-state index contributed by atoms with van der Waals surface area (Å²) in [7, 11) is 0. The van der Waals surface area contributed by atoms with Gasteiger partial charge in [0.15, 0.2) is 5.96 Å². The summed E-state index contributed by atoms with van der Waals surface area (Å²) in [6.45, 7) is 11.9. The van der Waals surface area contributed by atoms with Crippen LogP contribution in [-0.2, 0) is 4.74 Å². The number of amides is 1. The van der Waals surface area contributed by atoms with Crippen LogP contribution in [0.5, 0.6) is 0 Å². The van der Waals surface area contributed by atoms with Crippen molar-refractivity contribution in [3.63, 3.8) is 0 Å². The van der Waals surface area contributed by atoms with Crippen molar-refractivity contribution in [1.29, 1.82) is 0 Å². The number of rotatable bonds is 7. The predicted molar refractivity (Wildman–Crippen MR) is 108 cm³/mol. The molecule has 1 aliphatic rings. The smallest absolute Gasteiger partial charge is 0.410 e. The van der Waals surface area contributed by atoms with Gasteiger partial charge in [-0.3, -0.25) is 4.99 Å². The average Bonchev–Trinajstić information content (AvgIpc) is 2.54. The molecule has 2 N–H and O–H groups in total. The summed E-state index contributed by atoms with van der Waals surface area (Å²) in [6.07, 6.45) is 5.11. The minimum atomic E-state index is -0.433. The Labute approximate surface area is 157 Å². The van der Waals surface area contributed by atoms with E-state index < -0.39 is 5.60 Å². The molecule has 0 aliphatic carbocycles. The number of carbonyl (C=O) groups excluding carboxylic acids is 1. The minimum absolute atomic E-state index is 0.187. The monoisotopic (exact) mass is 372 g/mol. The first kappa shape index (κ1) is 21.9. The third-order valence-electron chi connectivity index (χ3n) is 3.92. The number of guanidine groups is 1. The van der Waals surface area contributed by atoms with E-state index in [0.717, 1.165) is 63.7 Å². The number of hydrogen-bond donors (Lipinski definition) is 2. The van der Waals surface area contributed by atoms with Crippen LogP contribution in [0, 0.1) is 5.92 Å². The van der Waals surface area contributed by atoms with Gasteiger partial charge in [0.2, 0.25) is 0 Å². The van der Waals surface area contributed by atoms with Gasteiger partial charge >= 0.3 is 6.09 Å². The lowest BCUT2D eigenvalue weighted by molar-refractivity contribution is 0.0163. The van der Waals surface area contributed by atoms with Gasteiger partial charge in [-0.2, -0.15) is 11.8 Å². The Morgan fingerprint density at radius 2 is 2.12 bits per heavy atom. The standard InChI is InChI=1S/C18H36N4O2S/c1-6-19-16(21-11-13-25-5)20-10-9-15-8-7-12-22(14-15)17(23)24-18(2,3)4/h15H,6-14H2,1-5H3,(H2,19,20,21). The Morgan fingerprint density at radius 1 is 1.36 bits per heavy atom. The van der Waals surface area contributed by atoms with E-state index in [1.54, 1.807) is 0 Å². The molecule has 1 amide bonds. The lowest BCUT2D eigenvalue weighted by Gasteiger charge is -2.34. The van der Waals surface area contributed by atoms with E-state index in [4.69, 9.17) is 4.74 Å². The summed E-state index contributed by atoms with van der Waals surface area (Å²) < 4.78 is 5.49. The van der Waals surface area contributed by atoms with Crippen molar-refractivity contribution in [2.45, 2.75) is 52.6 Å². The van der Waals surface area contributed by atoms with E-state index in [9.17, 15) is 4.79 Å². The summed E-state index contributed by atoms with van der Waals surface area (Å²) in [4.78, 5) is 18.7. The molecule has 0 aromatic rings. The molecule has 0 bridgehead atoms. The zero-order chi connectivity index (χ0) is 18.7. The number of piperidine rings is 1. The first-order valence-corrected chi connectivity index (χ1v) is 10.7. The molecular formula is C18H36N4O2S. The quantitative estimate of drug-likeness (QED) is 0.409. The van der Waals surface area contributed by atoms with Crippen molar-refractivity contribution in [2.75, 3.05) is 44.7 Å². The van der Waals surface area contributed by atoms with Gasteiger partial charge in [-0.15, -0.1) is 0 Å². The maximum absolute atomic E-state index is 12.2. The van der Waals surface area contributed by atoms with Crippen LogP contribution in [0.1, 0.15) is 47.0 Å². The molecule has 25 heavy (non-hydrogen) atoms. The maximum atomic E-state index is 12.2. The summed E-state index contributed by atoms with van der Waals surface area (Å²) in [5.41, 5.74) is -0.433. The van der Waals surface area contributed by atoms with Crippen molar-refractivity contribution in [1.82, 2.24) is 15.5 Å². The molecular weight excluding hydrogens is 336 g/mol. The van der Waals surface area contributed by atoms with Gasteiger partial charge in [-0.05, 0) is 59.1 Å². The van der Waals surface area contributed by atoms with Crippen LogP contribution >= 0.6 is 11.8 Å². The Morgan fingerprint density at radius 3 is 2.76 bits per heavy atom. The van der Waals surface area contributed by atoms with Crippen molar-refractivity contribution < 1.29 is 9.53 Å². The molecule has 6 nitrogen and oxygen atoms in total. The van der Waals surface area contributed by atoms with Crippen molar-refractivity contribution in [3.05, 3.63) is 0 Å². The predicted octanol–water partition coefficient (Wildman–Crippen LogP) is 2.94. The van der Waals surface area contributed by atoms with E-state index >= 15 is 0 Å². The lowest BCUT2D eigenvalue weighted by Crippen LogP contribution is -2.43. The second kappa shape index (κ2) is 11.5. The van der Waals surface area contributed by atoms with E-state index in [1.165, 1.54) is 0 Å². The van der Waals surface area contributed by atoms with Gasteiger partial charge in [0.1, 0.15) is 5.60 Å². The molecule has 1 saturated heterocycles. The van der Waals surface area contributed by atoms with Gasteiger partial charge in [-0.25, -0.2) is 4.79 Å². The van der Waals surface area contributed by atoms with Crippen molar-refractivity contribution >= 4 is 23.8 Å². The molecule has 1 aliphatic heterocycles. The highest BCUT2D eigenvalue weighted by molar-refractivity contribution is 7.98. The molecule has 1 atom stereocenters. The highest BCUT2D eigenvalue weighted by Crippen LogP contribution is 2.21. The van der Waals surface area contributed by atoms with Crippen LogP contribution in [0.4, 0.5) is 4.79 Å². The van der Waals surface area contributed by atoms with E-state index in [0.29, 0.717) is 5.92 Å². The number of nitrogens with one attached hydrogen (secondary N) is 2. The topological polar surface area (TPSA) is 66.0 Å². The van der Waals surface area contributed by atoms with Crippen LogP contribution in [0.15, 0.2) is 4.99 Å². The number of likely N-dealkylation sites (tertiary alicyclic amines) is 1. The highest BCUT2D eigenvalue weighted by atomic mass is 32.2. The van der Waals surface area contributed by atoms with Crippen molar-refractivity contribution in [3.8, 4) is 0 Å². The van der Waals surface area contributed by atoms with Crippen LogP contribution < -0.4 is 10.6 Å². The summed E-state index contributed by atoms with van der Waals surface area (Å²) >= 11 is 1.82. The average molecular weight is 373 g/mol. The molecule has 7 heteroatoms. The molecule has 1 fully saturated rings. The van der Waals surface area contributed by atoms with Gasteiger partial charge < -0.3 is 20.3 Å². The van der Waals surface area contributed by atoms with Crippen LogP contribution in [0.2, 0.25) is 0 Å². The molecule has 1 unspecified atom stereocenters. The van der Waals surface area contributed by atoms with Gasteiger partial charge in [0.05, 0.1) is 0 Å². The molecule has 0 saturated carbocycles. The Kier molecular flexibility index (Phi) is 10.1. The first-order valence-electron chi connectivity index (χ1n) is 9.34. The highest BCUT2D eigenvalue weighted by Gasteiger charge is 2.27. The zero-order valence-electron chi connectivity index (χ0n) is 16.6. The van der Waals surface area contributed by atoms with Gasteiger partial charge in [0.25, 0.3) is 0 Å². The van der Waals surface area contributed by atoms with E-state index in [2.05, 4.69) is 28.8 Å².